The van der Waals surface area contributed by atoms with Gasteiger partial charge in [0.15, 0.2) is 0 Å². The zero-order valence-corrected chi connectivity index (χ0v) is 11.5. The molecule has 0 bridgehead atoms. The van der Waals surface area contributed by atoms with Crippen molar-refractivity contribution in [2.75, 3.05) is 13.1 Å². The van der Waals surface area contributed by atoms with E-state index in [9.17, 15) is 4.79 Å². The fraction of sp³-hybridized carbons (Fsp3) is 0.467. The molecule has 1 N–H and O–H groups in total. The molecule has 104 valence electrons. The van der Waals surface area contributed by atoms with Crippen LogP contribution in [0, 0.1) is 12.8 Å². The van der Waals surface area contributed by atoms with Crippen molar-refractivity contribution < 1.29 is 4.79 Å². The molecule has 0 unspecified atom stereocenters. The van der Waals surface area contributed by atoms with Crippen molar-refractivity contribution >= 4 is 11.6 Å². The predicted molar refractivity (Wildman–Crippen MR) is 75.2 cm³/mol. The van der Waals surface area contributed by atoms with Gasteiger partial charge in [0, 0.05) is 50.4 Å². The van der Waals surface area contributed by atoms with Crippen molar-refractivity contribution in [3.05, 3.63) is 35.8 Å². The quantitative estimate of drug-likeness (QED) is 0.884. The molecule has 4 rings (SSSR count). The van der Waals surface area contributed by atoms with Gasteiger partial charge in [-0.2, -0.15) is 0 Å². The van der Waals surface area contributed by atoms with Gasteiger partial charge in [0.1, 0.15) is 5.65 Å². The van der Waals surface area contributed by atoms with E-state index in [0.717, 1.165) is 31.0 Å². The van der Waals surface area contributed by atoms with E-state index in [1.165, 1.54) is 5.56 Å². The number of hydrogen-bond donors (Lipinski definition) is 1. The lowest BCUT2D eigenvalue weighted by atomic mass is 10.1. The fourth-order valence-electron chi connectivity index (χ4n) is 3.42. The molecule has 2 aromatic heterocycles. The lowest BCUT2D eigenvalue weighted by molar-refractivity contribution is -0.119. The summed E-state index contributed by atoms with van der Waals surface area (Å²) in [5.74, 6) is 0.699. The number of pyridine rings is 1. The Kier molecular flexibility index (Phi) is 2.57. The van der Waals surface area contributed by atoms with E-state index in [2.05, 4.69) is 51.1 Å². The normalized spacial score (nSPS) is 26.1. The third-order valence-corrected chi connectivity index (χ3v) is 4.35. The van der Waals surface area contributed by atoms with E-state index in [1.807, 2.05) is 0 Å². The molecule has 0 saturated carbocycles. The highest BCUT2D eigenvalue weighted by Gasteiger charge is 2.39. The van der Waals surface area contributed by atoms with Gasteiger partial charge in [0.05, 0.1) is 5.69 Å². The largest absolute Gasteiger partial charge is 0.352 e. The van der Waals surface area contributed by atoms with Crippen LogP contribution in [0.2, 0.25) is 0 Å². The number of amides is 1. The molecule has 20 heavy (non-hydrogen) atoms. The van der Waals surface area contributed by atoms with Crippen molar-refractivity contribution in [3.63, 3.8) is 0 Å². The van der Waals surface area contributed by atoms with Crippen LogP contribution < -0.4 is 5.32 Å². The van der Waals surface area contributed by atoms with Crippen LogP contribution in [0.25, 0.3) is 5.65 Å². The molecular weight excluding hydrogens is 252 g/mol. The number of nitrogens with zero attached hydrogens (tertiary/aromatic N) is 3. The van der Waals surface area contributed by atoms with Crippen LogP contribution in [-0.2, 0) is 11.3 Å². The molecule has 2 fully saturated rings. The van der Waals surface area contributed by atoms with Crippen molar-refractivity contribution in [3.8, 4) is 0 Å². The summed E-state index contributed by atoms with van der Waals surface area (Å²) in [5, 5.41) is 3.06. The molecule has 2 aliphatic rings. The topological polar surface area (TPSA) is 49.6 Å². The minimum absolute atomic E-state index is 0.211. The molecule has 2 atom stereocenters. The summed E-state index contributed by atoms with van der Waals surface area (Å²) < 4.78 is 2.09. The summed E-state index contributed by atoms with van der Waals surface area (Å²) >= 11 is 0. The number of carbonyl (C=O) groups excluding carboxylic acids is 1. The first-order chi connectivity index (χ1) is 9.67. The smallest absolute Gasteiger partial charge is 0.220 e. The summed E-state index contributed by atoms with van der Waals surface area (Å²) in [5.41, 5.74) is 3.33. The zero-order valence-electron chi connectivity index (χ0n) is 11.5. The number of aryl methyl sites for hydroxylation is 1. The van der Waals surface area contributed by atoms with Crippen molar-refractivity contribution in [1.29, 1.82) is 0 Å². The van der Waals surface area contributed by atoms with Gasteiger partial charge < -0.3 is 9.72 Å². The Balaban J connectivity index is 1.50. The number of aromatic nitrogens is 2. The van der Waals surface area contributed by atoms with Gasteiger partial charge in [-0.3, -0.25) is 9.69 Å². The Morgan fingerprint density at radius 3 is 3.10 bits per heavy atom. The number of likely N-dealkylation sites (tertiary alicyclic amines) is 1. The molecule has 2 aliphatic heterocycles. The first-order valence-electron chi connectivity index (χ1n) is 7.13. The van der Waals surface area contributed by atoms with Crippen LogP contribution >= 0.6 is 0 Å². The van der Waals surface area contributed by atoms with Gasteiger partial charge in [0.25, 0.3) is 0 Å². The Hall–Kier alpha value is -1.88. The van der Waals surface area contributed by atoms with Crippen molar-refractivity contribution in [2.45, 2.75) is 25.9 Å². The average molecular weight is 270 g/mol. The van der Waals surface area contributed by atoms with E-state index in [4.69, 9.17) is 0 Å². The van der Waals surface area contributed by atoms with Crippen molar-refractivity contribution in [2.24, 2.45) is 5.92 Å². The zero-order chi connectivity index (χ0) is 13.7. The molecule has 5 heteroatoms. The molecule has 0 aromatic carbocycles. The van der Waals surface area contributed by atoms with Crippen LogP contribution in [0.3, 0.4) is 0 Å². The highest BCUT2D eigenvalue weighted by molar-refractivity contribution is 5.79. The van der Waals surface area contributed by atoms with Gasteiger partial charge in [-0.05, 0) is 18.6 Å². The molecule has 5 nitrogen and oxygen atoms in total. The van der Waals surface area contributed by atoms with Gasteiger partial charge in [-0.1, -0.05) is 6.07 Å². The minimum Gasteiger partial charge on any atom is -0.352 e. The molecule has 2 aromatic rings. The monoisotopic (exact) mass is 270 g/mol. The summed E-state index contributed by atoms with van der Waals surface area (Å²) in [6.45, 7) is 4.90. The first kappa shape index (κ1) is 11.9. The molecular formula is C15H18N4O. The van der Waals surface area contributed by atoms with E-state index in [0.29, 0.717) is 18.4 Å². The maximum Gasteiger partial charge on any atom is 0.220 e. The van der Waals surface area contributed by atoms with E-state index in [1.54, 1.807) is 0 Å². The molecule has 2 saturated heterocycles. The van der Waals surface area contributed by atoms with E-state index >= 15 is 0 Å². The third kappa shape index (κ3) is 1.98. The number of hydrogen-bond acceptors (Lipinski definition) is 3. The molecule has 0 aliphatic carbocycles. The summed E-state index contributed by atoms with van der Waals surface area (Å²) in [7, 11) is 0. The Bertz CT molecular complexity index is 662. The Morgan fingerprint density at radius 1 is 1.35 bits per heavy atom. The van der Waals surface area contributed by atoms with Gasteiger partial charge >= 0.3 is 0 Å². The maximum absolute atomic E-state index is 11.3. The highest BCUT2D eigenvalue weighted by Crippen LogP contribution is 2.26. The Morgan fingerprint density at radius 2 is 2.25 bits per heavy atom. The summed E-state index contributed by atoms with van der Waals surface area (Å²) in [4.78, 5) is 18.4. The van der Waals surface area contributed by atoms with Crippen LogP contribution in [0.5, 0.6) is 0 Å². The number of carbonyl (C=O) groups is 1. The second-order valence-corrected chi connectivity index (χ2v) is 6.04. The second kappa shape index (κ2) is 4.31. The maximum atomic E-state index is 11.3. The SMILES string of the molecule is Cc1ccc2nc(CN3C[C@@H]4CC(=O)N[C@@H]4C3)cn2c1. The number of fused-ring (bicyclic) bond motifs is 2. The predicted octanol–water partition coefficient (Wildman–Crippen LogP) is 0.963. The first-order valence-corrected chi connectivity index (χ1v) is 7.13. The summed E-state index contributed by atoms with van der Waals surface area (Å²) in [6.07, 6.45) is 4.89. The van der Waals surface area contributed by atoms with Crippen LogP contribution in [0.15, 0.2) is 24.5 Å². The average Bonchev–Trinajstić information content (AvgIpc) is 3.01. The van der Waals surface area contributed by atoms with Crippen LogP contribution in [0.1, 0.15) is 17.7 Å². The Labute approximate surface area is 117 Å². The lowest BCUT2D eigenvalue weighted by Gasteiger charge is -2.14. The number of rotatable bonds is 2. The van der Waals surface area contributed by atoms with Crippen LogP contribution in [-0.4, -0.2) is 39.3 Å². The van der Waals surface area contributed by atoms with Gasteiger partial charge in [-0.15, -0.1) is 0 Å². The fourth-order valence-corrected chi connectivity index (χ4v) is 3.42. The standard InChI is InChI=1S/C15H18N4O/c1-10-2-3-14-16-12(8-19(14)5-10)7-18-6-11-4-15(20)17-13(11)9-18/h2-3,5,8,11,13H,4,6-7,9H2,1H3,(H,17,20)/t11-,13+/m0/s1. The molecule has 0 spiro atoms. The van der Waals surface area contributed by atoms with Crippen LogP contribution in [0.4, 0.5) is 0 Å². The molecule has 1 amide bonds. The van der Waals surface area contributed by atoms with Gasteiger partial charge in [-0.25, -0.2) is 4.98 Å². The molecule has 0 radical (unpaired) electrons. The highest BCUT2D eigenvalue weighted by atomic mass is 16.2. The second-order valence-electron chi connectivity index (χ2n) is 6.04. The lowest BCUT2D eigenvalue weighted by Crippen LogP contribution is -2.32. The summed E-state index contributed by atoms with van der Waals surface area (Å²) in [6, 6.07) is 4.49. The van der Waals surface area contributed by atoms with Gasteiger partial charge in [0.2, 0.25) is 5.91 Å². The minimum atomic E-state index is 0.211. The van der Waals surface area contributed by atoms with Crippen molar-refractivity contribution in [1.82, 2.24) is 19.6 Å². The van der Waals surface area contributed by atoms with E-state index < -0.39 is 0 Å². The number of imidazole rings is 1. The number of nitrogens with one attached hydrogen (secondary N) is 1. The molecule has 4 heterocycles. The third-order valence-electron chi connectivity index (χ3n) is 4.35. The van der Waals surface area contributed by atoms with E-state index in [-0.39, 0.29) is 5.91 Å².